The summed E-state index contributed by atoms with van der Waals surface area (Å²) in [5, 5.41) is 4.28. The lowest BCUT2D eigenvalue weighted by Crippen LogP contribution is -2.53. The molecule has 0 aromatic heterocycles. The molecular weight excluding hydrogens is 503 g/mol. The van der Waals surface area contributed by atoms with Crippen LogP contribution >= 0.6 is 23.2 Å². The summed E-state index contributed by atoms with van der Waals surface area (Å²) < 4.78 is 0. The van der Waals surface area contributed by atoms with Gasteiger partial charge in [-0.25, -0.2) is 0 Å². The van der Waals surface area contributed by atoms with Gasteiger partial charge in [-0.15, -0.1) is 0 Å². The Hall–Kier alpha value is -2.82. The van der Waals surface area contributed by atoms with Gasteiger partial charge in [-0.1, -0.05) is 109 Å². The van der Waals surface area contributed by atoms with Crippen LogP contribution in [0, 0.1) is 6.92 Å². The summed E-state index contributed by atoms with van der Waals surface area (Å²) in [6.45, 7) is 2.24. The lowest BCUT2D eigenvalue weighted by Gasteiger charge is -2.34. The fraction of sp³-hybridized carbons (Fsp3) is 0.355. The Morgan fingerprint density at radius 3 is 2.30 bits per heavy atom. The van der Waals surface area contributed by atoms with Crippen molar-refractivity contribution in [2.45, 2.75) is 70.5 Å². The second-order valence-corrected chi connectivity index (χ2v) is 10.8. The van der Waals surface area contributed by atoms with Crippen LogP contribution < -0.4 is 5.32 Å². The lowest BCUT2D eigenvalue weighted by atomic mass is 9.94. The quantitative estimate of drug-likeness (QED) is 0.322. The molecule has 1 aliphatic rings. The van der Waals surface area contributed by atoms with Crippen molar-refractivity contribution in [3.05, 3.63) is 105 Å². The van der Waals surface area contributed by atoms with Gasteiger partial charge in [0.15, 0.2) is 0 Å². The van der Waals surface area contributed by atoms with Crippen molar-refractivity contribution >= 4 is 35.0 Å². The standard InChI is InChI=1S/C31H34Cl2N2O2/c1-22-12-14-24(15-13-22)19-30(36)35(21-25-16-17-26(32)20-28(25)33)29(18-23-8-4-2-5-9-23)31(37)34-27-10-6-3-7-11-27/h2,4-5,8-9,12-17,20,27,29H,3,6-7,10-11,18-19,21H2,1H3,(H,34,37). The van der Waals surface area contributed by atoms with Crippen molar-refractivity contribution in [3.63, 3.8) is 0 Å². The van der Waals surface area contributed by atoms with Crippen LogP contribution in [-0.4, -0.2) is 28.8 Å². The third-order valence-electron chi connectivity index (χ3n) is 7.05. The molecule has 4 rings (SSSR count). The molecule has 194 valence electrons. The minimum absolute atomic E-state index is 0.113. The fourth-order valence-corrected chi connectivity index (χ4v) is 5.38. The van der Waals surface area contributed by atoms with Gasteiger partial charge in [-0.05, 0) is 48.6 Å². The first kappa shape index (κ1) is 27.2. The predicted molar refractivity (Wildman–Crippen MR) is 151 cm³/mol. The topological polar surface area (TPSA) is 49.4 Å². The maximum atomic E-state index is 13.9. The summed E-state index contributed by atoms with van der Waals surface area (Å²) in [6, 6.07) is 22.5. The van der Waals surface area contributed by atoms with E-state index in [9.17, 15) is 9.59 Å². The Kier molecular flexibility index (Phi) is 9.65. The van der Waals surface area contributed by atoms with Crippen molar-refractivity contribution in [1.82, 2.24) is 10.2 Å². The summed E-state index contributed by atoms with van der Waals surface area (Å²) in [4.78, 5) is 29.4. The molecule has 1 saturated carbocycles. The normalized spacial score (nSPS) is 14.7. The average Bonchev–Trinajstić information content (AvgIpc) is 2.89. The van der Waals surface area contributed by atoms with Crippen LogP contribution in [0.15, 0.2) is 72.8 Å². The number of carbonyl (C=O) groups is 2. The SMILES string of the molecule is Cc1ccc(CC(=O)N(Cc2ccc(Cl)cc2Cl)C(Cc2ccccc2)C(=O)NC2CCCCC2)cc1. The van der Waals surface area contributed by atoms with E-state index in [4.69, 9.17) is 23.2 Å². The van der Waals surface area contributed by atoms with E-state index in [2.05, 4.69) is 5.32 Å². The highest BCUT2D eigenvalue weighted by Gasteiger charge is 2.32. The molecule has 1 fully saturated rings. The Morgan fingerprint density at radius 2 is 1.62 bits per heavy atom. The molecule has 6 heteroatoms. The van der Waals surface area contributed by atoms with Gasteiger partial charge < -0.3 is 10.2 Å². The molecule has 0 aliphatic heterocycles. The first-order valence-electron chi connectivity index (χ1n) is 13.0. The molecule has 0 bridgehead atoms. The van der Waals surface area contributed by atoms with Crippen LogP contribution in [0.2, 0.25) is 10.0 Å². The summed E-state index contributed by atoms with van der Waals surface area (Å²) in [5.41, 5.74) is 3.80. The van der Waals surface area contributed by atoms with Crippen LogP contribution in [-0.2, 0) is 29.0 Å². The molecule has 1 atom stereocenters. The maximum absolute atomic E-state index is 13.9. The molecule has 1 aliphatic carbocycles. The molecule has 1 N–H and O–H groups in total. The highest BCUT2D eigenvalue weighted by Crippen LogP contribution is 2.25. The van der Waals surface area contributed by atoms with Crippen LogP contribution in [0.25, 0.3) is 0 Å². The number of halogens is 2. The zero-order valence-corrected chi connectivity index (χ0v) is 22.8. The van der Waals surface area contributed by atoms with Gasteiger partial charge in [0.1, 0.15) is 6.04 Å². The van der Waals surface area contributed by atoms with Gasteiger partial charge in [0, 0.05) is 29.1 Å². The molecule has 0 saturated heterocycles. The summed E-state index contributed by atoms with van der Waals surface area (Å²) >= 11 is 12.7. The summed E-state index contributed by atoms with van der Waals surface area (Å²) in [6.07, 6.45) is 6.01. The molecule has 0 heterocycles. The number of rotatable bonds is 9. The van der Waals surface area contributed by atoms with E-state index >= 15 is 0 Å². The van der Waals surface area contributed by atoms with Crippen LogP contribution in [0.4, 0.5) is 0 Å². The van der Waals surface area contributed by atoms with Gasteiger partial charge in [-0.2, -0.15) is 0 Å². The van der Waals surface area contributed by atoms with Gasteiger partial charge in [-0.3, -0.25) is 9.59 Å². The molecule has 37 heavy (non-hydrogen) atoms. The van der Waals surface area contributed by atoms with E-state index in [1.807, 2.05) is 67.6 Å². The first-order valence-corrected chi connectivity index (χ1v) is 13.8. The van der Waals surface area contributed by atoms with Crippen LogP contribution in [0.3, 0.4) is 0 Å². The molecule has 0 radical (unpaired) electrons. The second-order valence-electron chi connectivity index (χ2n) is 9.97. The van der Waals surface area contributed by atoms with Gasteiger partial charge >= 0.3 is 0 Å². The Bertz CT molecular complexity index is 1190. The number of hydrogen-bond donors (Lipinski definition) is 1. The Balaban J connectivity index is 1.67. The number of benzene rings is 3. The van der Waals surface area contributed by atoms with E-state index < -0.39 is 6.04 Å². The second kappa shape index (κ2) is 13.1. The third-order valence-corrected chi connectivity index (χ3v) is 7.64. The number of aryl methyl sites for hydroxylation is 1. The third kappa shape index (κ3) is 7.83. The van der Waals surface area contributed by atoms with E-state index in [0.717, 1.165) is 47.9 Å². The monoisotopic (exact) mass is 536 g/mol. The van der Waals surface area contributed by atoms with Crippen molar-refractivity contribution in [3.8, 4) is 0 Å². The Labute approximate surface area is 230 Å². The zero-order chi connectivity index (χ0) is 26.2. The van der Waals surface area contributed by atoms with Crippen LogP contribution in [0.5, 0.6) is 0 Å². The molecule has 4 nitrogen and oxygen atoms in total. The van der Waals surface area contributed by atoms with Crippen molar-refractivity contribution < 1.29 is 9.59 Å². The summed E-state index contributed by atoms with van der Waals surface area (Å²) in [7, 11) is 0. The van der Waals surface area contributed by atoms with Gasteiger partial charge in [0.25, 0.3) is 0 Å². The number of nitrogens with zero attached hydrogens (tertiary/aromatic N) is 1. The van der Waals surface area contributed by atoms with Gasteiger partial charge in [0.05, 0.1) is 6.42 Å². The molecule has 1 unspecified atom stereocenters. The van der Waals surface area contributed by atoms with E-state index in [0.29, 0.717) is 16.5 Å². The van der Waals surface area contributed by atoms with E-state index in [1.165, 1.54) is 6.42 Å². The van der Waals surface area contributed by atoms with Crippen molar-refractivity contribution in [1.29, 1.82) is 0 Å². The highest BCUT2D eigenvalue weighted by molar-refractivity contribution is 6.35. The zero-order valence-electron chi connectivity index (χ0n) is 21.3. The lowest BCUT2D eigenvalue weighted by molar-refractivity contribution is -0.141. The van der Waals surface area contributed by atoms with E-state index in [1.54, 1.807) is 17.0 Å². The predicted octanol–water partition coefficient (Wildman–Crippen LogP) is 6.93. The minimum atomic E-state index is -0.672. The smallest absolute Gasteiger partial charge is 0.243 e. The fourth-order valence-electron chi connectivity index (χ4n) is 4.91. The number of hydrogen-bond acceptors (Lipinski definition) is 2. The van der Waals surface area contributed by atoms with Crippen molar-refractivity contribution in [2.24, 2.45) is 0 Å². The maximum Gasteiger partial charge on any atom is 0.243 e. The molecule has 2 amide bonds. The average molecular weight is 538 g/mol. The number of amides is 2. The van der Waals surface area contributed by atoms with Crippen LogP contribution in [0.1, 0.15) is 54.4 Å². The summed E-state index contributed by atoms with van der Waals surface area (Å²) in [5.74, 6) is -0.229. The van der Waals surface area contributed by atoms with Crippen molar-refractivity contribution in [2.75, 3.05) is 0 Å². The highest BCUT2D eigenvalue weighted by atomic mass is 35.5. The molecular formula is C31H34Cl2N2O2. The first-order chi connectivity index (χ1) is 17.9. The Morgan fingerprint density at radius 1 is 0.919 bits per heavy atom. The number of nitrogens with one attached hydrogen (secondary N) is 1. The largest absolute Gasteiger partial charge is 0.352 e. The molecule has 3 aromatic rings. The van der Waals surface area contributed by atoms with Gasteiger partial charge in [0.2, 0.25) is 11.8 Å². The van der Waals surface area contributed by atoms with E-state index in [-0.39, 0.29) is 30.8 Å². The molecule has 0 spiro atoms. The minimum Gasteiger partial charge on any atom is -0.352 e. The number of carbonyl (C=O) groups excluding carboxylic acids is 2. The molecule has 3 aromatic carbocycles.